The molecule has 4 atom stereocenters. The topological polar surface area (TPSA) is 166 Å². The van der Waals surface area contributed by atoms with Gasteiger partial charge in [0.2, 0.25) is 0 Å². The van der Waals surface area contributed by atoms with E-state index in [1.807, 2.05) is 62.4 Å². The summed E-state index contributed by atoms with van der Waals surface area (Å²) in [4.78, 5) is 56.3. The number of rotatable bonds is 13. The molecule has 1 aliphatic carbocycles. The van der Waals surface area contributed by atoms with Crippen LogP contribution in [0.1, 0.15) is 87.0 Å². The fourth-order valence-corrected chi connectivity index (χ4v) is 8.73. The number of aromatic amines is 2. The van der Waals surface area contributed by atoms with Gasteiger partial charge in [0, 0.05) is 35.8 Å². The van der Waals surface area contributed by atoms with Crippen molar-refractivity contribution in [2.24, 2.45) is 11.8 Å². The number of carbonyl (C=O) groups is 3. The number of carbonyl (C=O) groups excluding carboxylic acids is 3. The zero-order valence-electron chi connectivity index (χ0n) is 36.1. The fraction of sp³-hybridized carbons (Fsp3) is 0.354. The maximum atomic E-state index is 16.6. The van der Waals surface area contributed by atoms with Gasteiger partial charge in [-0.2, -0.15) is 8.78 Å². The first-order valence-corrected chi connectivity index (χ1v) is 21.3. The molecule has 1 aliphatic heterocycles. The third-order valence-corrected chi connectivity index (χ3v) is 12.2. The van der Waals surface area contributed by atoms with E-state index in [4.69, 9.17) is 14.5 Å². The Labute approximate surface area is 364 Å². The number of amides is 3. The predicted molar refractivity (Wildman–Crippen MR) is 236 cm³/mol. The lowest BCUT2D eigenvalue weighted by molar-refractivity contribution is -0.134. The van der Waals surface area contributed by atoms with Gasteiger partial charge in [-0.15, -0.1) is 0 Å². The Morgan fingerprint density at radius 1 is 0.825 bits per heavy atom. The number of alkyl carbamates (subject to hydrolysis) is 2. The van der Waals surface area contributed by atoms with E-state index in [1.165, 1.54) is 14.2 Å². The maximum Gasteiger partial charge on any atom is 0.407 e. The Morgan fingerprint density at radius 3 is 2.16 bits per heavy atom. The van der Waals surface area contributed by atoms with Crippen LogP contribution in [-0.2, 0) is 20.2 Å². The summed E-state index contributed by atoms with van der Waals surface area (Å²) in [5.74, 6) is -1.98. The van der Waals surface area contributed by atoms with E-state index in [-0.39, 0.29) is 47.0 Å². The summed E-state index contributed by atoms with van der Waals surface area (Å²) in [7, 11) is 2.59. The average molecular weight is 859 g/mol. The minimum Gasteiger partial charge on any atom is -0.453 e. The second kappa shape index (κ2) is 17.6. The molecule has 328 valence electrons. The van der Waals surface area contributed by atoms with Gasteiger partial charge < -0.3 is 40.3 Å². The van der Waals surface area contributed by atoms with Crippen LogP contribution >= 0.6 is 0 Å². The number of nitrogens with zero attached hydrogens (tertiary/aromatic N) is 3. The molecule has 2 aliphatic rings. The first-order valence-electron chi connectivity index (χ1n) is 21.3. The lowest BCUT2D eigenvalue weighted by Crippen LogP contribution is -2.46. The number of hydrogen-bond acceptors (Lipinski definition) is 8. The van der Waals surface area contributed by atoms with Crippen molar-refractivity contribution in [1.29, 1.82) is 0 Å². The highest BCUT2D eigenvalue weighted by molar-refractivity contribution is 5.89. The highest BCUT2D eigenvalue weighted by atomic mass is 19.3. The summed E-state index contributed by atoms with van der Waals surface area (Å²) in [6.45, 7) is 9.13. The monoisotopic (exact) mass is 858 g/mol. The second-order valence-corrected chi connectivity index (χ2v) is 16.9. The van der Waals surface area contributed by atoms with Gasteiger partial charge in [-0.25, -0.2) is 19.6 Å². The van der Waals surface area contributed by atoms with Crippen molar-refractivity contribution in [1.82, 2.24) is 40.8 Å². The summed E-state index contributed by atoms with van der Waals surface area (Å²) in [6, 6.07) is 23.3. The van der Waals surface area contributed by atoms with Crippen molar-refractivity contribution < 1.29 is 32.6 Å². The normalized spacial score (nSPS) is 16.7. The number of H-pyrrole nitrogens is 2. The number of methoxy groups -OCH3 is 2. The molecule has 3 amide bonds. The van der Waals surface area contributed by atoms with Gasteiger partial charge in [0.1, 0.15) is 17.7 Å². The molecule has 8 rings (SSSR count). The Hall–Kier alpha value is -6.61. The van der Waals surface area contributed by atoms with E-state index in [0.29, 0.717) is 75.7 Å². The van der Waals surface area contributed by atoms with Crippen molar-refractivity contribution in [2.75, 3.05) is 27.3 Å². The Kier molecular flexibility index (Phi) is 12.1. The van der Waals surface area contributed by atoms with Crippen molar-refractivity contribution in [3.63, 3.8) is 0 Å². The van der Waals surface area contributed by atoms with Gasteiger partial charge in [0.05, 0.1) is 49.2 Å². The maximum absolute atomic E-state index is 16.6. The van der Waals surface area contributed by atoms with Crippen LogP contribution in [0.3, 0.4) is 0 Å². The van der Waals surface area contributed by atoms with E-state index in [0.717, 1.165) is 12.0 Å². The van der Waals surface area contributed by atoms with Crippen LogP contribution in [0.25, 0.3) is 44.5 Å². The van der Waals surface area contributed by atoms with Crippen LogP contribution in [-0.4, -0.2) is 76.3 Å². The van der Waals surface area contributed by atoms with Gasteiger partial charge in [0.15, 0.2) is 0 Å². The first kappa shape index (κ1) is 43.1. The molecule has 0 spiro atoms. The number of imidazole rings is 2. The molecule has 6 aromatic rings. The lowest BCUT2D eigenvalue weighted by Gasteiger charge is -2.28. The average Bonchev–Trinajstić information content (AvgIpc) is 4.10. The number of fused-ring (bicyclic) bond motifs is 4. The summed E-state index contributed by atoms with van der Waals surface area (Å²) >= 11 is 0. The van der Waals surface area contributed by atoms with Crippen LogP contribution < -0.4 is 16.0 Å². The quantitative estimate of drug-likeness (QED) is 0.0767. The lowest BCUT2D eigenvalue weighted by atomic mass is 9.98. The molecule has 0 radical (unpaired) electrons. The number of alkyl halides is 2. The highest BCUT2D eigenvalue weighted by Gasteiger charge is 2.45. The molecule has 1 fully saturated rings. The summed E-state index contributed by atoms with van der Waals surface area (Å²) in [5, 5.41) is 9.09. The van der Waals surface area contributed by atoms with Gasteiger partial charge in [-0.05, 0) is 76.8 Å². The van der Waals surface area contributed by atoms with Crippen LogP contribution in [0.5, 0.6) is 0 Å². The first-order chi connectivity index (χ1) is 30.3. The zero-order valence-corrected chi connectivity index (χ0v) is 36.1. The smallest absolute Gasteiger partial charge is 0.407 e. The number of halogens is 2. The number of likely N-dealkylation sites (tertiary alicyclic amines) is 1. The van der Waals surface area contributed by atoms with Crippen molar-refractivity contribution >= 4 is 29.1 Å². The molecular formula is C48H52F2N8O5. The Bertz CT molecular complexity index is 2640. The van der Waals surface area contributed by atoms with Crippen LogP contribution in [0, 0.1) is 11.8 Å². The predicted octanol–water partition coefficient (Wildman–Crippen LogP) is 9.17. The van der Waals surface area contributed by atoms with Crippen molar-refractivity contribution in [2.45, 2.75) is 70.6 Å². The van der Waals surface area contributed by atoms with Crippen molar-refractivity contribution in [3.8, 4) is 33.5 Å². The summed E-state index contributed by atoms with van der Waals surface area (Å²) < 4.78 is 42.7. The second-order valence-electron chi connectivity index (χ2n) is 16.9. The molecule has 63 heavy (non-hydrogen) atoms. The van der Waals surface area contributed by atoms with Gasteiger partial charge >= 0.3 is 12.2 Å². The minimum atomic E-state index is -3.26. The van der Waals surface area contributed by atoms with E-state index in [1.54, 1.807) is 47.5 Å². The number of benzene rings is 4. The number of hydrogen-bond donors (Lipinski definition) is 5. The zero-order chi connectivity index (χ0) is 44.6. The molecule has 1 saturated heterocycles. The molecule has 0 bridgehead atoms. The Morgan fingerprint density at radius 2 is 1.48 bits per heavy atom. The van der Waals surface area contributed by atoms with Gasteiger partial charge in [-0.3, -0.25) is 4.79 Å². The number of nitrogens with one attached hydrogen (secondary N) is 5. The standard InChI is InChI=1S/C48H52F2N8O5/c1-26(2)38(56-46(60)62-5)24-51-41(27(3)4)44-52-25-39(55-44)31-15-18-33-32-17-14-29(21-34(32)48(49,50)35(33)22-31)30-16-19-36-37(23-30)54-43(53-36)40-13-10-20-58(40)45(59)42(57-47(61)63-6)28-11-8-7-9-12-28/h7-9,11-12,14-19,21-23,25-27,38,40-42,51H,10,13,20,24H2,1-6H3,(H,52,55)(H,53,54)(H,56,60)(H,57,61)/t38-,40-,41-,42?/m0/s1. The van der Waals surface area contributed by atoms with Crippen molar-refractivity contribution in [3.05, 3.63) is 119 Å². The number of aromatic nitrogens is 4. The third-order valence-electron chi connectivity index (χ3n) is 12.2. The van der Waals surface area contributed by atoms with E-state index >= 15 is 8.78 Å². The van der Waals surface area contributed by atoms with Gasteiger partial charge in [-0.1, -0.05) is 88.4 Å². The van der Waals surface area contributed by atoms with E-state index in [2.05, 4.69) is 44.7 Å². The fourth-order valence-electron chi connectivity index (χ4n) is 8.73. The summed E-state index contributed by atoms with van der Waals surface area (Å²) in [5.41, 5.74) is 5.41. The summed E-state index contributed by atoms with van der Waals surface area (Å²) in [6.07, 6.45) is 1.89. The molecule has 2 aromatic heterocycles. The highest BCUT2D eigenvalue weighted by Crippen LogP contribution is 2.53. The van der Waals surface area contributed by atoms with E-state index in [9.17, 15) is 14.4 Å². The largest absolute Gasteiger partial charge is 0.453 e. The number of ether oxygens (including phenoxy) is 2. The van der Waals surface area contributed by atoms with Crippen LogP contribution in [0.4, 0.5) is 18.4 Å². The van der Waals surface area contributed by atoms with Crippen LogP contribution in [0.15, 0.2) is 91.1 Å². The van der Waals surface area contributed by atoms with Gasteiger partial charge in [0.25, 0.3) is 11.8 Å². The van der Waals surface area contributed by atoms with E-state index < -0.39 is 24.2 Å². The molecule has 1 unspecified atom stereocenters. The van der Waals surface area contributed by atoms with Crippen LogP contribution in [0.2, 0.25) is 0 Å². The minimum absolute atomic E-state index is 0.0687. The molecule has 4 aromatic carbocycles. The Balaban J connectivity index is 1.01. The third kappa shape index (κ3) is 8.49. The SMILES string of the molecule is COC(=O)NC(C(=O)N1CCC[C@H]1c1nc2ccc(-c3ccc4c(c3)C(F)(F)c3cc(-c5cnc([C@@H](NC[C@H](NC(=O)OC)C(C)C)C(C)C)[nH]5)ccc3-4)cc2[nH]1)c1ccccc1. The molecule has 5 N–H and O–H groups in total. The molecular weight excluding hydrogens is 807 g/mol. The molecule has 3 heterocycles. The molecule has 13 nitrogen and oxygen atoms in total. The molecule has 0 saturated carbocycles. The molecule has 15 heteroatoms.